The molecule has 0 aliphatic carbocycles. The summed E-state index contributed by atoms with van der Waals surface area (Å²) in [7, 11) is 0. The molecule has 0 atom stereocenters. The lowest BCUT2D eigenvalue weighted by Crippen LogP contribution is -2.03. The lowest BCUT2D eigenvalue weighted by Gasteiger charge is -2.20. The molecule has 3 rings (SSSR count). The molecule has 3 nitrogen and oxygen atoms in total. The Labute approximate surface area is 183 Å². The molecule has 0 heterocycles. The van der Waals surface area contributed by atoms with Crippen LogP contribution >= 0.6 is 11.6 Å². The first-order valence-corrected chi connectivity index (χ1v) is 10.5. The van der Waals surface area contributed by atoms with Gasteiger partial charge in [0.1, 0.15) is 17.2 Å². The number of aromatic hydroxyl groups is 3. The molecule has 4 heteroatoms. The summed E-state index contributed by atoms with van der Waals surface area (Å²) in [4.78, 5) is 0. The second kappa shape index (κ2) is 8.23. The molecular formula is C26H29ClO3. The zero-order chi connectivity index (χ0) is 22.3. The van der Waals surface area contributed by atoms with Crippen LogP contribution in [0.1, 0.15) is 55.6 Å². The van der Waals surface area contributed by atoms with E-state index in [2.05, 4.69) is 0 Å². The lowest BCUT2D eigenvalue weighted by molar-refractivity contribution is 0.454. The highest BCUT2D eigenvalue weighted by Crippen LogP contribution is 2.40. The molecular weight excluding hydrogens is 396 g/mol. The molecule has 3 aromatic rings. The van der Waals surface area contributed by atoms with Crippen molar-refractivity contribution in [3.8, 4) is 17.2 Å². The van der Waals surface area contributed by atoms with Crippen molar-refractivity contribution in [2.45, 2.75) is 54.4 Å². The molecule has 0 bridgehead atoms. The number of phenols is 3. The molecule has 0 saturated heterocycles. The number of hydrogen-bond donors (Lipinski definition) is 3. The van der Waals surface area contributed by atoms with Crippen LogP contribution in [0.3, 0.4) is 0 Å². The number of phenolic OH excluding ortho intramolecular Hbond substituents is 3. The van der Waals surface area contributed by atoms with E-state index in [0.717, 1.165) is 44.5 Å². The van der Waals surface area contributed by atoms with E-state index in [4.69, 9.17) is 11.6 Å². The fourth-order valence-electron chi connectivity index (χ4n) is 4.26. The van der Waals surface area contributed by atoms with E-state index < -0.39 is 0 Å². The first-order chi connectivity index (χ1) is 14.0. The van der Waals surface area contributed by atoms with Crippen LogP contribution in [0, 0.1) is 41.5 Å². The topological polar surface area (TPSA) is 60.7 Å². The van der Waals surface area contributed by atoms with Gasteiger partial charge in [0.25, 0.3) is 0 Å². The van der Waals surface area contributed by atoms with Gasteiger partial charge in [0.2, 0.25) is 0 Å². The van der Waals surface area contributed by atoms with E-state index in [9.17, 15) is 15.3 Å². The van der Waals surface area contributed by atoms with Crippen LogP contribution in [0.25, 0.3) is 0 Å². The molecule has 0 radical (unpaired) electrons. The molecule has 0 unspecified atom stereocenters. The van der Waals surface area contributed by atoms with Gasteiger partial charge in [-0.25, -0.2) is 0 Å². The van der Waals surface area contributed by atoms with Gasteiger partial charge in [-0.15, -0.1) is 0 Å². The quantitative estimate of drug-likeness (QED) is 0.448. The van der Waals surface area contributed by atoms with Gasteiger partial charge in [-0.3, -0.25) is 0 Å². The van der Waals surface area contributed by atoms with Crippen molar-refractivity contribution >= 4 is 11.6 Å². The third-order valence-corrected chi connectivity index (χ3v) is 6.48. The second-order valence-corrected chi connectivity index (χ2v) is 8.78. The van der Waals surface area contributed by atoms with Crippen molar-refractivity contribution in [3.05, 3.63) is 84.9 Å². The third-order valence-electron chi connectivity index (χ3n) is 5.92. The molecule has 158 valence electrons. The van der Waals surface area contributed by atoms with Crippen LogP contribution in [0.2, 0.25) is 5.02 Å². The number of rotatable bonds is 4. The van der Waals surface area contributed by atoms with Gasteiger partial charge >= 0.3 is 0 Å². The Bertz CT molecular complexity index is 1060. The van der Waals surface area contributed by atoms with Gasteiger partial charge in [-0.1, -0.05) is 47.0 Å². The van der Waals surface area contributed by atoms with E-state index in [1.54, 1.807) is 0 Å². The summed E-state index contributed by atoms with van der Waals surface area (Å²) in [6, 6.07) is 7.73. The SMILES string of the molecule is Cc1cc(C)c(O)c(Cc2c(C)c(Cl)c(C)c(Cc3cc(C)cc(C)c3O)c2O)c1. The van der Waals surface area contributed by atoms with Gasteiger partial charge in [0.05, 0.1) is 0 Å². The Kier molecular flexibility index (Phi) is 6.05. The first kappa shape index (κ1) is 22.0. The Balaban J connectivity index is 2.15. The fourth-order valence-corrected chi connectivity index (χ4v) is 4.49. The summed E-state index contributed by atoms with van der Waals surface area (Å²) in [6.45, 7) is 11.5. The average molecular weight is 425 g/mol. The monoisotopic (exact) mass is 424 g/mol. The van der Waals surface area contributed by atoms with Crippen LogP contribution in [-0.4, -0.2) is 15.3 Å². The maximum absolute atomic E-state index is 11.2. The average Bonchev–Trinajstić information content (AvgIpc) is 2.67. The maximum Gasteiger partial charge on any atom is 0.123 e. The molecule has 0 fully saturated rings. The van der Waals surface area contributed by atoms with E-state index in [0.29, 0.717) is 29.0 Å². The van der Waals surface area contributed by atoms with Gasteiger partial charge in [0.15, 0.2) is 0 Å². The highest BCUT2D eigenvalue weighted by Gasteiger charge is 2.21. The van der Waals surface area contributed by atoms with Crippen molar-refractivity contribution in [2.75, 3.05) is 0 Å². The van der Waals surface area contributed by atoms with Gasteiger partial charge < -0.3 is 15.3 Å². The minimum Gasteiger partial charge on any atom is -0.507 e. The molecule has 3 aromatic carbocycles. The fraction of sp³-hybridized carbons (Fsp3) is 0.308. The van der Waals surface area contributed by atoms with E-state index >= 15 is 0 Å². The Morgan fingerprint density at radius 2 is 0.967 bits per heavy atom. The normalized spacial score (nSPS) is 11.2. The standard InChI is InChI=1S/C26H29ClO3/c1-13-7-15(3)24(28)19(9-13)11-21-17(5)23(27)18(6)22(26(21)30)12-20-10-14(2)8-16(4)25(20)29/h7-10,28-30H,11-12H2,1-6H3. The van der Waals surface area contributed by atoms with Crippen LogP contribution in [-0.2, 0) is 12.8 Å². The van der Waals surface area contributed by atoms with E-state index in [-0.39, 0.29) is 17.2 Å². The number of aryl methyl sites for hydroxylation is 4. The molecule has 0 amide bonds. The molecule has 0 aliphatic heterocycles. The molecule has 30 heavy (non-hydrogen) atoms. The summed E-state index contributed by atoms with van der Waals surface area (Å²) in [5.74, 6) is 0.653. The predicted molar refractivity (Wildman–Crippen MR) is 123 cm³/mol. The molecule has 0 spiro atoms. The second-order valence-electron chi connectivity index (χ2n) is 8.40. The Hall–Kier alpha value is -2.65. The summed E-state index contributed by atoms with van der Waals surface area (Å²) >= 11 is 6.66. The van der Waals surface area contributed by atoms with Crippen molar-refractivity contribution < 1.29 is 15.3 Å². The first-order valence-electron chi connectivity index (χ1n) is 10.1. The highest BCUT2D eigenvalue weighted by molar-refractivity contribution is 6.32. The summed E-state index contributed by atoms with van der Waals surface area (Å²) in [5.41, 5.74) is 8.23. The maximum atomic E-state index is 11.2. The number of benzene rings is 3. The summed E-state index contributed by atoms with van der Waals surface area (Å²) in [6.07, 6.45) is 0.746. The molecule has 0 saturated carbocycles. The zero-order valence-electron chi connectivity index (χ0n) is 18.4. The van der Waals surface area contributed by atoms with Gasteiger partial charge in [-0.05, 0) is 74.9 Å². The van der Waals surface area contributed by atoms with E-state index in [1.807, 2.05) is 65.8 Å². The Morgan fingerprint density at radius 3 is 1.33 bits per heavy atom. The molecule has 3 N–H and O–H groups in total. The van der Waals surface area contributed by atoms with Crippen LogP contribution in [0.15, 0.2) is 24.3 Å². The summed E-state index contributed by atoms with van der Waals surface area (Å²) < 4.78 is 0. The minimum atomic E-state index is 0.173. The van der Waals surface area contributed by atoms with Crippen LogP contribution in [0.5, 0.6) is 17.2 Å². The Morgan fingerprint density at radius 1 is 0.600 bits per heavy atom. The van der Waals surface area contributed by atoms with Crippen molar-refractivity contribution in [1.29, 1.82) is 0 Å². The lowest BCUT2D eigenvalue weighted by atomic mass is 9.89. The third kappa shape index (κ3) is 3.99. The minimum absolute atomic E-state index is 0.173. The van der Waals surface area contributed by atoms with Crippen molar-refractivity contribution in [3.63, 3.8) is 0 Å². The molecule has 0 aliphatic rings. The van der Waals surface area contributed by atoms with Gasteiger partial charge in [-0.2, -0.15) is 0 Å². The van der Waals surface area contributed by atoms with Gasteiger partial charge in [0, 0.05) is 29.0 Å². The molecule has 0 aromatic heterocycles. The predicted octanol–water partition coefficient (Wildman–Crippen LogP) is 6.49. The largest absolute Gasteiger partial charge is 0.507 e. The number of halogens is 1. The van der Waals surface area contributed by atoms with Crippen LogP contribution < -0.4 is 0 Å². The van der Waals surface area contributed by atoms with Crippen molar-refractivity contribution in [2.24, 2.45) is 0 Å². The smallest absolute Gasteiger partial charge is 0.123 e. The van der Waals surface area contributed by atoms with E-state index in [1.165, 1.54) is 0 Å². The van der Waals surface area contributed by atoms with Crippen LogP contribution in [0.4, 0.5) is 0 Å². The number of hydrogen-bond acceptors (Lipinski definition) is 3. The zero-order valence-corrected chi connectivity index (χ0v) is 19.2. The summed E-state index contributed by atoms with van der Waals surface area (Å²) in [5, 5.41) is 32.9. The van der Waals surface area contributed by atoms with Crippen molar-refractivity contribution in [1.82, 2.24) is 0 Å². The highest BCUT2D eigenvalue weighted by atomic mass is 35.5.